The van der Waals surface area contributed by atoms with Gasteiger partial charge in [0.1, 0.15) is 0 Å². The van der Waals surface area contributed by atoms with Crippen molar-refractivity contribution in [2.45, 2.75) is 32.4 Å². The minimum atomic E-state index is 0.0286. The molecule has 2 rings (SSSR count). The number of nitrogens with one attached hydrogen (secondary N) is 2. The Morgan fingerprint density at radius 2 is 2.22 bits per heavy atom. The Bertz CT molecular complexity index is 436. The van der Waals surface area contributed by atoms with Crippen LogP contribution in [0.5, 0.6) is 0 Å². The number of hydrogen-bond acceptors (Lipinski definition) is 2. The molecule has 4 heteroatoms. The highest BCUT2D eigenvalue weighted by Gasteiger charge is 2.30. The van der Waals surface area contributed by atoms with E-state index in [0.717, 1.165) is 23.0 Å². The van der Waals surface area contributed by atoms with Crippen molar-refractivity contribution >= 4 is 21.8 Å². The summed E-state index contributed by atoms with van der Waals surface area (Å²) < 4.78 is 1.04. The van der Waals surface area contributed by atoms with Crippen LogP contribution in [0, 0.1) is 5.92 Å². The molecule has 0 aliphatic carbocycles. The van der Waals surface area contributed by atoms with Gasteiger partial charge in [0.25, 0.3) is 0 Å². The number of hydrogen-bond donors (Lipinski definition) is 2. The van der Waals surface area contributed by atoms with Gasteiger partial charge in [0.2, 0.25) is 5.91 Å². The molecular weight excluding hydrogens is 292 g/mol. The Morgan fingerprint density at radius 3 is 2.83 bits per heavy atom. The lowest BCUT2D eigenvalue weighted by atomic mass is 10.00. The minimum Gasteiger partial charge on any atom is -0.349 e. The van der Waals surface area contributed by atoms with Gasteiger partial charge in [-0.05, 0) is 38.4 Å². The van der Waals surface area contributed by atoms with E-state index in [-0.39, 0.29) is 23.9 Å². The second-order valence-electron chi connectivity index (χ2n) is 4.89. The first-order valence-electron chi connectivity index (χ1n) is 6.37. The molecule has 3 atom stereocenters. The third-order valence-corrected chi connectivity index (χ3v) is 4.31. The lowest BCUT2D eigenvalue weighted by Crippen LogP contribution is -2.37. The van der Waals surface area contributed by atoms with Gasteiger partial charge in [-0.2, -0.15) is 0 Å². The minimum absolute atomic E-state index is 0.0286. The van der Waals surface area contributed by atoms with E-state index < -0.39 is 0 Å². The molecule has 3 nitrogen and oxygen atoms in total. The van der Waals surface area contributed by atoms with Crippen molar-refractivity contribution in [2.75, 3.05) is 6.54 Å². The molecule has 2 N–H and O–H groups in total. The zero-order chi connectivity index (χ0) is 13.1. The number of amides is 1. The lowest BCUT2D eigenvalue weighted by molar-refractivity contribution is -0.125. The van der Waals surface area contributed by atoms with Crippen LogP contribution in [0.2, 0.25) is 0 Å². The van der Waals surface area contributed by atoms with Crippen LogP contribution in [-0.2, 0) is 4.79 Å². The van der Waals surface area contributed by atoms with E-state index in [1.54, 1.807) is 0 Å². The van der Waals surface area contributed by atoms with E-state index >= 15 is 0 Å². The fraction of sp³-hybridized carbons (Fsp3) is 0.500. The van der Waals surface area contributed by atoms with Crippen LogP contribution in [0.1, 0.15) is 31.9 Å². The average molecular weight is 311 g/mol. The summed E-state index contributed by atoms with van der Waals surface area (Å²) in [5, 5.41) is 6.41. The topological polar surface area (TPSA) is 41.1 Å². The molecule has 1 saturated heterocycles. The Balaban J connectivity index is 2.01. The molecule has 0 spiro atoms. The molecule has 1 aliphatic heterocycles. The zero-order valence-electron chi connectivity index (χ0n) is 10.7. The number of carbonyl (C=O) groups is 1. The number of carbonyl (C=O) groups excluding carboxylic acids is 1. The van der Waals surface area contributed by atoms with E-state index in [9.17, 15) is 4.79 Å². The molecule has 1 aliphatic rings. The summed E-state index contributed by atoms with van der Waals surface area (Å²) in [6, 6.07) is 8.30. The molecule has 1 fully saturated rings. The maximum atomic E-state index is 12.2. The molecule has 18 heavy (non-hydrogen) atoms. The maximum absolute atomic E-state index is 12.2. The molecule has 98 valence electrons. The number of benzene rings is 1. The van der Waals surface area contributed by atoms with Crippen LogP contribution in [0.25, 0.3) is 0 Å². The lowest BCUT2D eigenvalue weighted by Gasteiger charge is -2.20. The Labute approximate surface area is 116 Å². The second kappa shape index (κ2) is 5.85. The van der Waals surface area contributed by atoms with Crippen molar-refractivity contribution in [3.05, 3.63) is 34.3 Å². The van der Waals surface area contributed by atoms with Gasteiger partial charge in [0.15, 0.2) is 0 Å². The number of rotatable bonds is 3. The highest BCUT2D eigenvalue weighted by molar-refractivity contribution is 9.10. The third-order valence-electron chi connectivity index (χ3n) is 3.59. The van der Waals surface area contributed by atoms with Crippen LogP contribution in [-0.4, -0.2) is 18.5 Å². The third kappa shape index (κ3) is 2.93. The van der Waals surface area contributed by atoms with Gasteiger partial charge in [-0.15, -0.1) is 0 Å². The Hall–Kier alpha value is -0.870. The van der Waals surface area contributed by atoms with Gasteiger partial charge in [0.05, 0.1) is 12.0 Å². The van der Waals surface area contributed by atoms with Gasteiger partial charge in [0, 0.05) is 10.5 Å². The predicted molar refractivity (Wildman–Crippen MR) is 76.3 cm³/mol. The van der Waals surface area contributed by atoms with Gasteiger partial charge < -0.3 is 10.6 Å². The first-order valence-corrected chi connectivity index (χ1v) is 7.17. The molecule has 0 aromatic heterocycles. The number of halogens is 1. The molecule has 0 bridgehead atoms. The van der Waals surface area contributed by atoms with Crippen molar-refractivity contribution in [3.8, 4) is 0 Å². The molecule has 1 aromatic carbocycles. The predicted octanol–water partition coefficient (Wildman–Crippen LogP) is 2.62. The summed E-state index contributed by atoms with van der Waals surface area (Å²) >= 11 is 3.52. The summed E-state index contributed by atoms with van der Waals surface area (Å²) in [5.41, 5.74) is 1.12. The fourth-order valence-electron chi connectivity index (χ4n) is 2.44. The summed E-state index contributed by atoms with van der Waals surface area (Å²) in [5.74, 6) is 0.241. The molecular formula is C14H19BrN2O. The first-order chi connectivity index (χ1) is 8.59. The van der Waals surface area contributed by atoms with Crippen LogP contribution in [0.15, 0.2) is 28.7 Å². The van der Waals surface area contributed by atoms with Crippen molar-refractivity contribution < 1.29 is 4.79 Å². The van der Waals surface area contributed by atoms with Crippen molar-refractivity contribution in [1.82, 2.24) is 10.6 Å². The molecule has 3 unspecified atom stereocenters. The van der Waals surface area contributed by atoms with Crippen LogP contribution in [0.3, 0.4) is 0 Å². The van der Waals surface area contributed by atoms with Crippen LogP contribution < -0.4 is 10.6 Å². The van der Waals surface area contributed by atoms with Crippen molar-refractivity contribution in [1.29, 1.82) is 0 Å². The van der Waals surface area contributed by atoms with Gasteiger partial charge >= 0.3 is 0 Å². The van der Waals surface area contributed by atoms with E-state index in [1.165, 1.54) is 0 Å². The first kappa shape index (κ1) is 13.6. The van der Waals surface area contributed by atoms with Crippen molar-refractivity contribution in [2.24, 2.45) is 5.92 Å². The van der Waals surface area contributed by atoms with Crippen molar-refractivity contribution in [3.63, 3.8) is 0 Å². The van der Waals surface area contributed by atoms with Gasteiger partial charge in [-0.25, -0.2) is 0 Å². The molecule has 0 saturated carbocycles. The van der Waals surface area contributed by atoms with Crippen LogP contribution in [0.4, 0.5) is 0 Å². The highest BCUT2D eigenvalue weighted by atomic mass is 79.9. The highest BCUT2D eigenvalue weighted by Crippen LogP contribution is 2.24. The normalized spacial score (nSPS) is 24.8. The summed E-state index contributed by atoms with van der Waals surface area (Å²) in [7, 11) is 0. The smallest absolute Gasteiger partial charge is 0.225 e. The molecule has 1 aromatic rings. The van der Waals surface area contributed by atoms with Gasteiger partial charge in [-0.3, -0.25) is 4.79 Å². The fourth-order valence-corrected chi connectivity index (χ4v) is 3.07. The SMILES string of the molecule is CC(NC(=O)C1CCNC1C)c1ccccc1Br. The Kier molecular flexibility index (Phi) is 4.40. The monoisotopic (exact) mass is 310 g/mol. The van der Waals surface area contributed by atoms with E-state index in [4.69, 9.17) is 0 Å². The second-order valence-corrected chi connectivity index (χ2v) is 5.74. The molecule has 1 heterocycles. The van der Waals surface area contributed by atoms with E-state index in [0.29, 0.717) is 0 Å². The van der Waals surface area contributed by atoms with E-state index in [2.05, 4.69) is 33.5 Å². The largest absolute Gasteiger partial charge is 0.349 e. The van der Waals surface area contributed by atoms with E-state index in [1.807, 2.05) is 31.2 Å². The quantitative estimate of drug-likeness (QED) is 0.901. The standard InChI is InChI=1S/C14H19BrN2O/c1-9-12(7-8-16-9)14(18)17-10(2)11-5-3-4-6-13(11)15/h3-6,9-10,12,16H,7-8H2,1-2H3,(H,17,18). The Morgan fingerprint density at radius 1 is 1.50 bits per heavy atom. The average Bonchev–Trinajstić information content (AvgIpc) is 2.76. The summed E-state index contributed by atoms with van der Waals surface area (Å²) in [4.78, 5) is 12.2. The molecule has 1 amide bonds. The summed E-state index contributed by atoms with van der Waals surface area (Å²) in [6.07, 6.45) is 0.926. The van der Waals surface area contributed by atoms with Gasteiger partial charge in [-0.1, -0.05) is 34.1 Å². The maximum Gasteiger partial charge on any atom is 0.225 e. The molecule has 0 radical (unpaired) electrons. The summed E-state index contributed by atoms with van der Waals surface area (Å²) in [6.45, 7) is 5.02. The van der Waals surface area contributed by atoms with Crippen LogP contribution >= 0.6 is 15.9 Å². The zero-order valence-corrected chi connectivity index (χ0v) is 12.3.